The molecule has 0 radical (unpaired) electrons. The lowest BCUT2D eigenvalue weighted by Gasteiger charge is -2.18. The fraction of sp³-hybridized carbons (Fsp3) is 0.259. The van der Waals surface area contributed by atoms with Crippen LogP contribution in [0.25, 0.3) is 5.52 Å². The largest absolute Gasteiger partial charge is 0.481 e. The summed E-state index contributed by atoms with van der Waals surface area (Å²) in [6, 6.07) is 5.88. The summed E-state index contributed by atoms with van der Waals surface area (Å²) in [5.41, 5.74) is 2.86. The lowest BCUT2D eigenvalue weighted by atomic mass is 10.1. The highest BCUT2D eigenvalue weighted by atomic mass is 16.7. The third-order valence-corrected chi connectivity index (χ3v) is 6.13. The van der Waals surface area contributed by atoms with Crippen LogP contribution in [-0.4, -0.2) is 68.0 Å². The van der Waals surface area contributed by atoms with Crippen molar-refractivity contribution in [1.29, 1.82) is 0 Å². The van der Waals surface area contributed by atoms with Crippen LogP contribution in [0.2, 0.25) is 0 Å². The second-order valence-corrected chi connectivity index (χ2v) is 9.02. The number of anilines is 3. The molecule has 3 amide bonds. The quantitative estimate of drug-likeness (QED) is 0.169. The molecule has 0 aliphatic heterocycles. The zero-order valence-corrected chi connectivity index (χ0v) is 23.3. The molecule has 0 atom stereocenters. The smallest absolute Gasteiger partial charge is 0.425 e. The van der Waals surface area contributed by atoms with Crippen molar-refractivity contribution in [2.75, 3.05) is 23.6 Å². The summed E-state index contributed by atoms with van der Waals surface area (Å²) in [5, 5.41) is 22.5. The van der Waals surface area contributed by atoms with Gasteiger partial charge in [0.25, 0.3) is 11.8 Å². The first-order chi connectivity index (χ1) is 20.6. The van der Waals surface area contributed by atoms with Gasteiger partial charge in [-0.05, 0) is 44.0 Å². The number of aromatic nitrogens is 4. The van der Waals surface area contributed by atoms with E-state index in [0.717, 1.165) is 11.8 Å². The maximum absolute atomic E-state index is 13.5. The second-order valence-electron chi connectivity index (χ2n) is 9.02. The van der Waals surface area contributed by atoms with Gasteiger partial charge in [0.15, 0.2) is 11.6 Å². The molecule has 224 valence electrons. The molecule has 4 aromatic rings. The Morgan fingerprint density at radius 2 is 1.88 bits per heavy atom. The lowest BCUT2D eigenvalue weighted by Crippen LogP contribution is -2.38. The molecule has 0 aliphatic carbocycles. The van der Waals surface area contributed by atoms with Gasteiger partial charge in [-0.3, -0.25) is 19.2 Å². The Morgan fingerprint density at radius 1 is 1.09 bits per heavy atom. The van der Waals surface area contributed by atoms with Crippen molar-refractivity contribution < 1.29 is 43.1 Å². The Morgan fingerprint density at radius 3 is 2.58 bits per heavy atom. The molecule has 1 aromatic carbocycles. The fourth-order valence-electron chi connectivity index (χ4n) is 3.98. The van der Waals surface area contributed by atoms with Crippen LogP contribution in [0.15, 0.2) is 47.6 Å². The number of benzene rings is 1. The predicted octanol–water partition coefficient (Wildman–Crippen LogP) is 2.98. The highest BCUT2D eigenvalue weighted by Crippen LogP contribution is 2.28. The summed E-state index contributed by atoms with van der Waals surface area (Å²) >= 11 is 0. The van der Waals surface area contributed by atoms with Crippen LogP contribution in [0, 0.1) is 13.8 Å². The molecular formula is C27H27N7O9. The first-order valence-corrected chi connectivity index (χ1v) is 12.9. The minimum absolute atomic E-state index is 0.0479. The number of aliphatic carboxylic acids is 1. The van der Waals surface area contributed by atoms with Gasteiger partial charge >= 0.3 is 18.0 Å². The van der Waals surface area contributed by atoms with E-state index < -0.39 is 43.6 Å². The van der Waals surface area contributed by atoms with Crippen molar-refractivity contribution in [3.63, 3.8) is 0 Å². The molecule has 0 aliphatic rings. The third-order valence-electron chi connectivity index (χ3n) is 6.13. The van der Waals surface area contributed by atoms with E-state index in [0.29, 0.717) is 39.6 Å². The number of rotatable bonds is 11. The third kappa shape index (κ3) is 6.92. The number of carbonyl (C=O) groups is 5. The molecule has 3 aromatic heterocycles. The Hall–Kier alpha value is -5.80. The van der Waals surface area contributed by atoms with E-state index in [1.807, 2.05) is 6.92 Å². The summed E-state index contributed by atoms with van der Waals surface area (Å²) in [6.07, 6.45) is 1.95. The summed E-state index contributed by atoms with van der Waals surface area (Å²) in [4.78, 5) is 66.1. The molecule has 3 heterocycles. The summed E-state index contributed by atoms with van der Waals surface area (Å²) in [7, 11) is 0. The van der Waals surface area contributed by atoms with Gasteiger partial charge in [0.1, 0.15) is 18.1 Å². The average molecular weight is 594 g/mol. The Balaban J connectivity index is 1.58. The Labute approximate surface area is 243 Å². The normalized spacial score (nSPS) is 10.7. The summed E-state index contributed by atoms with van der Waals surface area (Å²) in [6.45, 7) is 4.97. The maximum atomic E-state index is 13.5. The van der Waals surface area contributed by atoms with E-state index in [-0.39, 0.29) is 17.3 Å². The lowest BCUT2D eigenvalue weighted by molar-refractivity contribution is -0.154. The molecule has 0 unspecified atom stereocenters. The Kier molecular flexibility index (Phi) is 9.29. The number of hydrogen-bond acceptors (Lipinski definition) is 12. The number of carboxylic acid groups (broad SMARTS) is 1. The number of esters is 1. The Bertz CT molecular complexity index is 1680. The van der Waals surface area contributed by atoms with E-state index in [9.17, 15) is 24.0 Å². The number of fused-ring (bicyclic) bond motifs is 1. The molecular weight excluding hydrogens is 566 g/mol. The molecule has 16 nitrogen and oxygen atoms in total. The first-order valence-electron chi connectivity index (χ1n) is 12.9. The molecule has 0 spiro atoms. The van der Waals surface area contributed by atoms with E-state index in [1.54, 1.807) is 26.1 Å². The van der Waals surface area contributed by atoms with Crippen molar-refractivity contribution in [2.45, 2.75) is 33.6 Å². The van der Waals surface area contributed by atoms with Gasteiger partial charge in [-0.25, -0.2) is 14.3 Å². The predicted molar refractivity (Wildman–Crippen MR) is 148 cm³/mol. The van der Waals surface area contributed by atoms with E-state index in [4.69, 9.17) is 19.1 Å². The number of amides is 3. The highest BCUT2D eigenvalue weighted by molar-refractivity contribution is 6.19. The fourth-order valence-corrected chi connectivity index (χ4v) is 3.98. The van der Waals surface area contributed by atoms with E-state index >= 15 is 0 Å². The topological polar surface area (TPSA) is 208 Å². The molecule has 0 bridgehead atoms. The van der Waals surface area contributed by atoms with Crippen LogP contribution in [0.3, 0.4) is 0 Å². The van der Waals surface area contributed by atoms with E-state index in [2.05, 4.69) is 25.9 Å². The number of aryl methyl sites for hydroxylation is 2. The second kappa shape index (κ2) is 13.2. The maximum Gasteiger partial charge on any atom is 0.425 e. The number of carboxylic acids is 1. The molecule has 4 rings (SSSR count). The standard InChI is InChI=1S/C27H27N7O9/c1-4-28-25(38)18-12-33-23(16(18)3)24(29-13-30-33)31-19-11-17(6-5-15(19)2)26(39)34(20-9-10-43-32-20)27(40)42-14-41-22(37)8-7-21(35)36/h5-6,9-13H,4,7-8,14H2,1-3H3,(H,28,38)(H,35,36)(H,29,30,31). The van der Waals surface area contributed by atoms with Gasteiger partial charge < -0.3 is 29.7 Å². The highest BCUT2D eigenvalue weighted by Gasteiger charge is 2.29. The van der Waals surface area contributed by atoms with Crippen LogP contribution in [-0.2, 0) is 19.1 Å². The number of hydrogen-bond donors (Lipinski definition) is 3. The van der Waals surface area contributed by atoms with E-state index in [1.165, 1.54) is 29.0 Å². The van der Waals surface area contributed by atoms with Crippen LogP contribution < -0.4 is 15.5 Å². The van der Waals surface area contributed by atoms with Crippen LogP contribution in [0.4, 0.5) is 22.1 Å². The zero-order valence-electron chi connectivity index (χ0n) is 23.3. The number of carbonyl (C=O) groups excluding carboxylic acids is 4. The van der Waals surface area contributed by atoms with Crippen molar-refractivity contribution >= 4 is 52.7 Å². The number of ether oxygens (including phenoxy) is 2. The van der Waals surface area contributed by atoms with Gasteiger partial charge in [-0.1, -0.05) is 11.2 Å². The molecule has 16 heteroatoms. The van der Waals surface area contributed by atoms with Crippen LogP contribution in [0.5, 0.6) is 0 Å². The monoisotopic (exact) mass is 593 g/mol. The zero-order chi connectivity index (χ0) is 31.1. The average Bonchev–Trinajstić information content (AvgIpc) is 3.62. The van der Waals surface area contributed by atoms with Crippen molar-refractivity contribution in [2.24, 2.45) is 0 Å². The summed E-state index contributed by atoms with van der Waals surface area (Å²) < 4.78 is 16.0. The number of nitrogens with one attached hydrogen (secondary N) is 2. The molecule has 0 saturated carbocycles. The minimum Gasteiger partial charge on any atom is -0.481 e. The van der Waals surface area contributed by atoms with Crippen molar-refractivity contribution in [3.8, 4) is 0 Å². The first kappa shape index (κ1) is 30.2. The van der Waals surface area contributed by atoms with Crippen LogP contribution in [0.1, 0.15) is 51.6 Å². The molecule has 0 fully saturated rings. The minimum atomic E-state index is -1.22. The van der Waals surface area contributed by atoms with Gasteiger partial charge in [-0.15, -0.1) is 0 Å². The van der Waals surface area contributed by atoms with Gasteiger partial charge in [0.2, 0.25) is 6.79 Å². The van der Waals surface area contributed by atoms with Gasteiger partial charge in [-0.2, -0.15) is 10.00 Å². The SMILES string of the molecule is CCNC(=O)c1cn2ncnc(Nc3cc(C(=O)N(C(=O)OCOC(=O)CCC(=O)O)c4ccon4)ccc3C)c2c1C. The van der Waals surface area contributed by atoms with Crippen molar-refractivity contribution in [3.05, 3.63) is 65.3 Å². The van der Waals surface area contributed by atoms with Crippen molar-refractivity contribution in [1.82, 2.24) is 25.1 Å². The van der Waals surface area contributed by atoms with Gasteiger partial charge in [0.05, 0.1) is 18.4 Å². The van der Waals surface area contributed by atoms with Gasteiger partial charge in [0, 0.05) is 30.1 Å². The number of imide groups is 1. The molecule has 43 heavy (non-hydrogen) atoms. The number of nitrogens with zero attached hydrogens (tertiary/aromatic N) is 5. The molecule has 3 N–H and O–H groups in total. The summed E-state index contributed by atoms with van der Waals surface area (Å²) in [5.74, 6) is -3.02. The van der Waals surface area contributed by atoms with Crippen LogP contribution >= 0.6 is 0 Å². The molecule has 0 saturated heterocycles.